The summed E-state index contributed by atoms with van der Waals surface area (Å²) >= 11 is 6.16. The average Bonchev–Trinajstić information content (AvgIpc) is 2.86. The smallest absolute Gasteiger partial charge is 0.197 e. The molecular formula is C15H12ClN3O. The van der Waals surface area contributed by atoms with Gasteiger partial charge in [0.25, 0.3) is 0 Å². The van der Waals surface area contributed by atoms with Crippen molar-refractivity contribution in [2.75, 3.05) is 5.73 Å². The van der Waals surface area contributed by atoms with E-state index in [0.717, 1.165) is 5.56 Å². The van der Waals surface area contributed by atoms with Crippen LogP contribution in [-0.2, 0) is 0 Å². The molecule has 0 saturated carbocycles. The summed E-state index contributed by atoms with van der Waals surface area (Å²) in [5, 5.41) is 1.12. The molecule has 1 aromatic carbocycles. The third-order valence-corrected chi connectivity index (χ3v) is 3.65. The van der Waals surface area contributed by atoms with Crippen molar-refractivity contribution >= 4 is 34.1 Å². The fourth-order valence-electron chi connectivity index (χ4n) is 2.22. The van der Waals surface area contributed by atoms with Gasteiger partial charge in [-0.15, -0.1) is 0 Å². The number of anilines is 1. The Labute approximate surface area is 120 Å². The maximum absolute atomic E-state index is 12.7. The summed E-state index contributed by atoms with van der Waals surface area (Å²) in [5.74, 6) is -0.160. The number of para-hydroxylation sites is 1. The van der Waals surface area contributed by atoms with Crippen molar-refractivity contribution in [2.45, 2.75) is 6.92 Å². The number of nitrogens with two attached hydrogens (primary N) is 1. The first kappa shape index (κ1) is 12.7. The zero-order valence-electron chi connectivity index (χ0n) is 10.8. The standard InChI is InChI=1S/C15H12ClN3O/c1-8-3-2-4-9(13(8)17)14(20)10-7-19-15-12(10)11(16)5-6-18-15/h2-7H,17H2,1H3,(H,18,19). The Hall–Kier alpha value is -2.33. The molecule has 2 aromatic heterocycles. The van der Waals surface area contributed by atoms with Crippen LogP contribution >= 0.6 is 11.6 Å². The van der Waals surface area contributed by atoms with Gasteiger partial charge in [0.2, 0.25) is 0 Å². The summed E-state index contributed by atoms with van der Waals surface area (Å²) in [6, 6.07) is 7.06. The van der Waals surface area contributed by atoms with E-state index >= 15 is 0 Å². The minimum atomic E-state index is -0.160. The second-order valence-corrected chi connectivity index (χ2v) is 4.99. The van der Waals surface area contributed by atoms with E-state index in [9.17, 15) is 4.79 Å². The number of carbonyl (C=O) groups excluding carboxylic acids is 1. The zero-order chi connectivity index (χ0) is 14.3. The van der Waals surface area contributed by atoms with Crippen LogP contribution in [0, 0.1) is 6.92 Å². The quantitative estimate of drug-likeness (QED) is 0.560. The number of nitrogens with one attached hydrogen (secondary N) is 1. The molecule has 0 aliphatic carbocycles. The molecule has 3 aromatic rings. The van der Waals surface area contributed by atoms with Gasteiger partial charge in [-0.1, -0.05) is 23.7 Å². The van der Waals surface area contributed by atoms with Crippen LogP contribution < -0.4 is 5.73 Å². The highest BCUT2D eigenvalue weighted by Gasteiger charge is 2.19. The number of aromatic nitrogens is 2. The van der Waals surface area contributed by atoms with Crippen LogP contribution in [0.1, 0.15) is 21.5 Å². The number of ketones is 1. The number of nitrogen functional groups attached to an aromatic ring is 1. The van der Waals surface area contributed by atoms with Gasteiger partial charge in [0.15, 0.2) is 5.78 Å². The van der Waals surface area contributed by atoms with E-state index in [4.69, 9.17) is 17.3 Å². The largest absolute Gasteiger partial charge is 0.398 e. The molecule has 0 amide bonds. The fraction of sp³-hybridized carbons (Fsp3) is 0.0667. The first-order valence-electron chi connectivity index (χ1n) is 6.11. The molecule has 3 N–H and O–H groups in total. The maximum Gasteiger partial charge on any atom is 0.197 e. The molecule has 0 aliphatic heterocycles. The molecule has 0 radical (unpaired) electrons. The lowest BCUT2D eigenvalue weighted by molar-refractivity contribution is 0.104. The molecule has 0 spiro atoms. The molecule has 5 heteroatoms. The number of carbonyl (C=O) groups is 1. The predicted molar refractivity (Wildman–Crippen MR) is 80.1 cm³/mol. The average molecular weight is 286 g/mol. The van der Waals surface area contributed by atoms with Crippen LogP contribution in [0.3, 0.4) is 0 Å². The summed E-state index contributed by atoms with van der Waals surface area (Å²) in [4.78, 5) is 19.8. The number of aromatic amines is 1. The van der Waals surface area contributed by atoms with Gasteiger partial charge in [-0.05, 0) is 24.6 Å². The number of pyridine rings is 1. The second kappa shape index (κ2) is 4.65. The van der Waals surface area contributed by atoms with Crippen LogP contribution in [0.5, 0.6) is 0 Å². The Morgan fingerprint density at radius 2 is 2.10 bits per heavy atom. The highest BCUT2D eigenvalue weighted by Crippen LogP contribution is 2.28. The summed E-state index contributed by atoms with van der Waals surface area (Å²) in [7, 11) is 0. The van der Waals surface area contributed by atoms with Crippen molar-refractivity contribution in [3.63, 3.8) is 0 Å². The van der Waals surface area contributed by atoms with Gasteiger partial charge in [-0.3, -0.25) is 4.79 Å². The first-order chi connectivity index (χ1) is 9.59. The minimum absolute atomic E-state index is 0.160. The van der Waals surface area contributed by atoms with E-state index in [1.807, 2.05) is 19.1 Å². The zero-order valence-corrected chi connectivity index (χ0v) is 11.5. The minimum Gasteiger partial charge on any atom is -0.398 e. The van der Waals surface area contributed by atoms with Crippen molar-refractivity contribution in [3.8, 4) is 0 Å². The van der Waals surface area contributed by atoms with Gasteiger partial charge < -0.3 is 10.7 Å². The molecule has 0 bridgehead atoms. The monoisotopic (exact) mass is 285 g/mol. The lowest BCUT2D eigenvalue weighted by Gasteiger charge is -2.07. The molecule has 4 nitrogen and oxygen atoms in total. The van der Waals surface area contributed by atoms with Gasteiger partial charge in [-0.25, -0.2) is 4.98 Å². The number of hydrogen-bond donors (Lipinski definition) is 2. The van der Waals surface area contributed by atoms with E-state index in [0.29, 0.717) is 32.9 Å². The summed E-state index contributed by atoms with van der Waals surface area (Å²) in [6.45, 7) is 1.87. The number of nitrogens with zero attached hydrogens (tertiary/aromatic N) is 1. The molecule has 0 fully saturated rings. The van der Waals surface area contributed by atoms with Gasteiger partial charge >= 0.3 is 0 Å². The topological polar surface area (TPSA) is 71.8 Å². The lowest BCUT2D eigenvalue weighted by Crippen LogP contribution is -2.06. The Bertz CT molecular complexity index is 823. The Morgan fingerprint density at radius 3 is 2.90 bits per heavy atom. The Kier molecular flexibility index (Phi) is 2.95. The second-order valence-electron chi connectivity index (χ2n) is 4.58. The van der Waals surface area contributed by atoms with E-state index in [-0.39, 0.29) is 5.78 Å². The maximum atomic E-state index is 12.7. The van der Waals surface area contributed by atoms with Crippen LogP contribution in [0.25, 0.3) is 11.0 Å². The van der Waals surface area contributed by atoms with E-state index < -0.39 is 0 Å². The van der Waals surface area contributed by atoms with E-state index in [1.54, 1.807) is 24.5 Å². The molecule has 0 unspecified atom stereocenters. The lowest BCUT2D eigenvalue weighted by atomic mass is 9.99. The molecule has 0 atom stereocenters. The van der Waals surface area contributed by atoms with Crippen molar-refractivity contribution < 1.29 is 4.79 Å². The van der Waals surface area contributed by atoms with Crippen molar-refractivity contribution in [3.05, 3.63) is 58.4 Å². The van der Waals surface area contributed by atoms with Gasteiger partial charge in [0, 0.05) is 29.0 Å². The number of hydrogen-bond acceptors (Lipinski definition) is 3. The van der Waals surface area contributed by atoms with E-state index in [2.05, 4.69) is 9.97 Å². The molecule has 100 valence electrons. The molecule has 2 heterocycles. The summed E-state index contributed by atoms with van der Waals surface area (Å²) in [5.41, 5.74) is 8.91. The number of fused-ring (bicyclic) bond motifs is 1. The molecule has 20 heavy (non-hydrogen) atoms. The summed E-state index contributed by atoms with van der Waals surface area (Å²) in [6.07, 6.45) is 3.21. The van der Waals surface area contributed by atoms with Crippen LogP contribution in [0.2, 0.25) is 5.02 Å². The van der Waals surface area contributed by atoms with Gasteiger partial charge in [0.1, 0.15) is 5.65 Å². The van der Waals surface area contributed by atoms with Crippen LogP contribution in [0.15, 0.2) is 36.7 Å². The van der Waals surface area contributed by atoms with Crippen molar-refractivity contribution in [1.82, 2.24) is 9.97 Å². The van der Waals surface area contributed by atoms with E-state index in [1.165, 1.54) is 0 Å². The van der Waals surface area contributed by atoms with Gasteiger partial charge in [-0.2, -0.15) is 0 Å². The van der Waals surface area contributed by atoms with Crippen molar-refractivity contribution in [2.24, 2.45) is 0 Å². The third-order valence-electron chi connectivity index (χ3n) is 3.34. The fourth-order valence-corrected chi connectivity index (χ4v) is 2.47. The predicted octanol–water partition coefficient (Wildman–Crippen LogP) is 3.34. The molecule has 0 aliphatic rings. The summed E-state index contributed by atoms with van der Waals surface area (Å²) < 4.78 is 0. The number of rotatable bonds is 2. The highest BCUT2D eigenvalue weighted by atomic mass is 35.5. The number of halogens is 1. The number of H-pyrrole nitrogens is 1. The van der Waals surface area contributed by atoms with Crippen LogP contribution in [-0.4, -0.2) is 15.8 Å². The number of benzene rings is 1. The first-order valence-corrected chi connectivity index (χ1v) is 6.48. The normalized spacial score (nSPS) is 10.9. The van der Waals surface area contributed by atoms with Crippen LogP contribution in [0.4, 0.5) is 5.69 Å². The molecular weight excluding hydrogens is 274 g/mol. The Morgan fingerprint density at radius 1 is 1.30 bits per heavy atom. The SMILES string of the molecule is Cc1cccc(C(=O)c2c[nH]c3nccc(Cl)c23)c1N. The number of aryl methyl sites for hydroxylation is 1. The molecule has 3 rings (SSSR count). The third kappa shape index (κ3) is 1.85. The molecule has 0 saturated heterocycles. The highest BCUT2D eigenvalue weighted by molar-refractivity contribution is 6.37. The van der Waals surface area contributed by atoms with Gasteiger partial charge in [0.05, 0.1) is 10.6 Å². The van der Waals surface area contributed by atoms with Crippen molar-refractivity contribution in [1.29, 1.82) is 0 Å². The Balaban J connectivity index is 2.21.